The van der Waals surface area contributed by atoms with Crippen molar-refractivity contribution in [2.75, 3.05) is 0 Å². The molecule has 7 heterocycles. The molecule has 0 radical (unpaired) electrons. The molecule has 0 bridgehead atoms. The summed E-state index contributed by atoms with van der Waals surface area (Å²) in [5.74, 6) is 0. The van der Waals surface area contributed by atoms with Crippen molar-refractivity contribution in [3.05, 3.63) is 319 Å². The first-order valence-corrected chi connectivity index (χ1v) is 31.7. The van der Waals surface area contributed by atoms with Crippen molar-refractivity contribution in [3.8, 4) is 28.2 Å². The molecule has 22 rings (SSSR count). The molecule has 0 aliphatic heterocycles. The summed E-state index contributed by atoms with van der Waals surface area (Å²) in [5, 5.41) is 19.0. The number of rotatable bonds is 3. The maximum Gasteiger partial charge on any atom is 0.0641 e. The Hall–Kier alpha value is -11.6. The molecule has 0 saturated heterocycles. The zero-order chi connectivity index (χ0) is 59.6. The summed E-state index contributed by atoms with van der Waals surface area (Å²) in [6.07, 6.45) is 1.02. The highest BCUT2D eigenvalue weighted by Crippen LogP contribution is 2.47. The van der Waals surface area contributed by atoms with Crippen LogP contribution >= 0.6 is 11.6 Å². The number of para-hydroxylation sites is 9. The lowest BCUT2D eigenvalue weighted by atomic mass is 10.0. The molecule has 0 atom stereocenters. The molecule has 0 N–H and O–H groups in total. The van der Waals surface area contributed by atoms with Gasteiger partial charge in [0.2, 0.25) is 0 Å². The highest BCUT2D eigenvalue weighted by molar-refractivity contribution is 6.32. The second-order valence-electron chi connectivity index (χ2n) is 24.4. The van der Waals surface area contributed by atoms with Crippen molar-refractivity contribution < 1.29 is 0 Å². The maximum absolute atomic E-state index is 6.21. The first-order chi connectivity index (χ1) is 45.1. The predicted molar refractivity (Wildman–Crippen MR) is 385 cm³/mol. The van der Waals surface area contributed by atoms with Gasteiger partial charge in [0.1, 0.15) is 0 Å². The first kappa shape index (κ1) is 50.4. The van der Waals surface area contributed by atoms with E-state index in [0.717, 1.165) is 11.4 Å². The van der Waals surface area contributed by atoms with E-state index in [-0.39, 0.29) is 0 Å². The van der Waals surface area contributed by atoms with Crippen LogP contribution in [0.5, 0.6) is 0 Å². The molecule has 91 heavy (non-hydrogen) atoms. The number of halogens is 1. The van der Waals surface area contributed by atoms with Crippen LogP contribution < -0.4 is 0 Å². The van der Waals surface area contributed by atoms with Crippen LogP contribution in [0.15, 0.2) is 303 Å². The lowest BCUT2D eigenvalue weighted by Crippen LogP contribution is -1.95. The zero-order valence-corrected chi connectivity index (χ0v) is 49.9. The van der Waals surface area contributed by atoms with Gasteiger partial charge in [-0.15, -0.1) is 0 Å². The molecule has 14 aromatic carbocycles. The van der Waals surface area contributed by atoms with E-state index < -0.39 is 0 Å². The lowest BCUT2D eigenvalue weighted by molar-refractivity contribution is 1.17. The number of hydrogen-bond donors (Lipinski definition) is 0. The van der Waals surface area contributed by atoms with Crippen LogP contribution in [0.25, 0.3) is 170 Å². The van der Waals surface area contributed by atoms with Gasteiger partial charge >= 0.3 is 0 Å². The second kappa shape index (κ2) is 19.2. The van der Waals surface area contributed by atoms with Gasteiger partial charge in [0.25, 0.3) is 0 Å². The Morgan fingerprint density at radius 2 is 0.637 bits per heavy atom. The van der Waals surface area contributed by atoms with Gasteiger partial charge in [-0.2, -0.15) is 0 Å². The van der Waals surface area contributed by atoms with Crippen LogP contribution in [0.2, 0.25) is 5.02 Å². The summed E-state index contributed by atoms with van der Waals surface area (Å²) in [6.45, 7) is 0. The Balaban J connectivity index is 0.000000105. The minimum Gasteiger partial charge on any atom is -0.309 e. The molecule has 1 aliphatic rings. The Labute approximate surface area is 526 Å². The molecule has 21 aromatic rings. The Morgan fingerprint density at radius 3 is 1.23 bits per heavy atom. The summed E-state index contributed by atoms with van der Waals surface area (Å²) < 4.78 is 12.1. The topological polar surface area (TPSA) is 23.6 Å². The minimum absolute atomic E-state index is 0.780. The molecule has 424 valence electrons. The van der Waals surface area contributed by atoms with E-state index in [1.54, 1.807) is 0 Å². The fraction of sp³-hybridized carbons (Fsp3) is 0.0118. The molecule has 5 nitrogen and oxygen atoms in total. The van der Waals surface area contributed by atoms with Crippen molar-refractivity contribution in [1.82, 2.24) is 22.5 Å². The molecule has 6 heteroatoms. The SMILES string of the molecule is Clc1ccc2c3cccc4c5ccccc5n(c2c1)c43.c1ccc(-n2c3ccccc3c3c2ccc2c4ccccc4n(-c4ccc5c6cccc7c8ccccc8n(c5c4)c76)c23)cc1.c1ccc(-n2c3ccccc3c3c4c(ccc32)-c2ccccc2C4)cc1. The van der Waals surface area contributed by atoms with E-state index in [2.05, 4.69) is 320 Å². The Kier molecular flexibility index (Phi) is 10.6. The smallest absolute Gasteiger partial charge is 0.0641 e. The standard InChI is InChI=1S/C42H25N3.C25H17N.C18H10ClN/c1-2-11-26(12-3-1)43-37-20-9-6-15-34(37)40-38(43)24-23-33-29-14-4-7-18-35(29)44(42(33)40)27-21-22-30-32-17-10-16-31-28-13-5-8-19-36(28)45(41(31)32)39(30)25-27;1-2-9-18(10-3-1)26-23-13-7-6-12-21(23)25-22-16-17-8-4-5-11-19(17)20(22)14-15-24(25)26;19-11-8-9-13-15-6-3-5-14-12-4-1-2-7-16(12)20(18(14)15)17(13)10-11/h1-25H;1-15H,16H2;1-10H. The fourth-order valence-electron chi connectivity index (χ4n) is 16.1. The van der Waals surface area contributed by atoms with Crippen LogP contribution in [-0.4, -0.2) is 22.5 Å². The summed E-state index contributed by atoms with van der Waals surface area (Å²) in [4.78, 5) is 0. The lowest BCUT2D eigenvalue weighted by Gasteiger charge is -2.11. The summed E-state index contributed by atoms with van der Waals surface area (Å²) in [7, 11) is 0. The van der Waals surface area contributed by atoms with Crippen molar-refractivity contribution >= 4 is 153 Å². The van der Waals surface area contributed by atoms with E-state index in [1.165, 1.54) is 181 Å². The number of fused-ring (bicyclic) bond motifs is 26. The van der Waals surface area contributed by atoms with Crippen LogP contribution in [0.4, 0.5) is 0 Å². The van der Waals surface area contributed by atoms with Crippen molar-refractivity contribution in [3.63, 3.8) is 0 Å². The maximum atomic E-state index is 6.21. The molecular formula is C85H52ClN5. The minimum atomic E-state index is 0.780. The average molecular weight is 1180 g/mol. The number of aromatic nitrogens is 5. The third kappa shape index (κ3) is 7.06. The van der Waals surface area contributed by atoms with Gasteiger partial charge in [0, 0.05) is 97.5 Å². The van der Waals surface area contributed by atoms with Crippen LogP contribution in [-0.2, 0) is 6.42 Å². The molecule has 7 aromatic heterocycles. The first-order valence-electron chi connectivity index (χ1n) is 31.3. The van der Waals surface area contributed by atoms with Gasteiger partial charge in [-0.3, -0.25) is 0 Å². The van der Waals surface area contributed by atoms with Crippen LogP contribution in [0, 0.1) is 0 Å². The zero-order valence-electron chi connectivity index (χ0n) is 49.2. The van der Waals surface area contributed by atoms with Gasteiger partial charge < -0.3 is 22.5 Å². The second-order valence-corrected chi connectivity index (χ2v) is 24.8. The van der Waals surface area contributed by atoms with Gasteiger partial charge in [-0.05, 0) is 120 Å². The van der Waals surface area contributed by atoms with E-state index in [0.29, 0.717) is 0 Å². The van der Waals surface area contributed by atoms with Crippen LogP contribution in [0.1, 0.15) is 11.1 Å². The number of hydrogen-bond acceptors (Lipinski definition) is 0. The fourth-order valence-corrected chi connectivity index (χ4v) is 16.3. The summed E-state index contributed by atoms with van der Waals surface area (Å²) in [5.41, 5.74) is 24.2. The molecule has 0 spiro atoms. The largest absolute Gasteiger partial charge is 0.309 e. The van der Waals surface area contributed by atoms with E-state index in [4.69, 9.17) is 11.6 Å². The van der Waals surface area contributed by atoms with Gasteiger partial charge in [-0.25, -0.2) is 0 Å². The molecular weight excluding hydrogens is 1130 g/mol. The Bertz CT molecular complexity index is 6550. The summed E-state index contributed by atoms with van der Waals surface area (Å²) in [6, 6.07) is 110. The van der Waals surface area contributed by atoms with E-state index in [1.807, 2.05) is 6.07 Å². The summed E-state index contributed by atoms with van der Waals surface area (Å²) >= 11 is 6.21. The molecule has 0 amide bonds. The third-order valence-corrected chi connectivity index (χ3v) is 20.0. The highest BCUT2D eigenvalue weighted by Gasteiger charge is 2.26. The van der Waals surface area contributed by atoms with Gasteiger partial charge in [-0.1, -0.05) is 224 Å². The molecule has 1 aliphatic carbocycles. The number of benzene rings is 14. The predicted octanol–water partition coefficient (Wildman–Crippen LogP) is 22.9. The molecule has 0 unspecified atom stereocenters. The van der Waals surface area contributed by atoms with Gasteiger partial charge in [0.05, 0.1) is 66.2 Å². The Morgan fingerprint density at radius 1 is 0.231 bits per heavy atom. The van der Waals surface area contributed by atoms with Crippen molar-refractivity contribution in [2.24, 2.45) is 0 Å². The van der Waals surface area contributed by atoms with Gasteiger partial charge in [0.15, 0.2) is 0 Å². The monoisotopic (exact) mass is 1180 g/mol. The van der Waals surface area contributed by atoms with Crippen LogP contribution in [0.3, 0.4) is 0 Å². The quantitative estimate of drug-likeness (QED) is 0.168. The molecule has 0 saturated carbocycles. The normalized spacial score (nSPS) is 12.4. The third-order valence-electron chi connectivity index (χ3n) is 19.8. The van der Waals surface area contributed by atoms with E-state index in [9.17, 15) is 0 Å². The average Bonchev–Trinajstić information content (AvgIpc) is 1.58. The highest BCUT2D eigenvalue weighted by atomic mass is 35.5. The number of nitrogens with zero attached hydrogens (tertiary/aromatic N) is 5. The molecule has 0 fully saturated rings. The van der Waals surface area contributed by atoms with Crippen molar-refractivity contribution in [2.45, 2.75) is 6.42 Å². The van der Waals surface area contributed by atoms with E-state index >= 15 is 0 Å². The van der Waals surface area contributed by atoms with Crippen molar-refractivity contribution in [1.29, 1.82) is 0 Å².